The number of rotatable bonds is 3. The van der Waals surface area contributed by atoms with Crippen molar-refractivity contribution in [3.63, 3.8) is 0 Å². The Hall–Kier alpha value is -1.54. The van der Waals surface area contributed by atoms with Crippen LogP contribution in [-0.4, -0.2) is 29.5 Å². The lowest BCUT2D eigenvalue weighted by atomic mass is 9.99. The molecule has 0 radical (unpaired) electrons. The average molecular weight is 254 g/mol. The number of nitrogens with one attached hydrogen (secondary N) is 1. The molecule has 0 bridgehead atoms. The Morgan fingerprint density at radius 1 is 1.32 bits per heavy atom. The molecule has 0 saturated heterocycles. The van der Waals surface area contributed by atoms with Crippen LogP contribution in [0, 0.1) is 6.92 Å². The highest BCUT2D eigenvalue weighted by molar-refractivity contribution is 5.94. The molecule has 0 amide bonds. The molecule has 0 aliphatic carbocycles. The van der Waals surface area contributed by atoms with E-state index >= 15 is 0 Å². The van der Waals surface area contributed by atoms with Crippen LogP contribution >= 0.6 is 0 Å². The van der Waals surface area contributed by atoms with Gasteiger partial charge in [-0.15, -0.1) is 0 Å². The van der Waals surface area contributed by atoms with Crippen LogP contribution in [0.25, 0.3) is 16.5 Å². The smallest absolute Gasteiger partial charge is 0.0489 e. The van der Waals surface area contributed by atoms with Gasteiger partial charge >= 0.3 is 0 Å². The van der Waals surface area contributed by atoms with Gasteiger partial charge in [0.25, 0.3) is 0 Å². The quantitative estimate of drug-likeness (QED) is 0.878. The normalized spacial score (nSPS) is 16.8. The van der Waals surface area contributed by atoms with Gasteiger partial charge in [-0.05, 0) is 37.4 Å². The van der Waals surface area contributed by atoms with Crippen molar-refractivity contribution < 1.29 is 0 Å². The molecule has 0 atom stereocenters. The average Bonchev–Trinajstić information content (AvgIpc) is 2.85. The van der Waals surface area contributed by atoms with Crippen LogP contribution in [-0.2, 0) is 0 Å². The number of aromatic nitrogens is 1. The highest BCUT2D eigenvalue weighted by Gasteiger charge is 2.16. The minimum atomic E-state index is 1.09. The molecule has 3 rings (SSSR count). The number of H-pyrrole nitrogens is 1. The lowest BCUT2D eigenvalue weighted by Crippen LogP contribution is -2.30. The molecule has 2 heteroatoms. The maximum absolute atomic E-state index is 3.44. The standard InChI is InChI=1S/C17H22N2/c1-3-9-19-10-5-7-14(12-19)16-11-18-17-13(2)6-4-8-15(16)17/h4,6-8,11,18H,3,5,9-10,12H2,1-2H3. The van der Waals surface area contributed by atoms with E-state index in [2.05, 4.69) is 54.2 Å². The summed E-state index contributed by atoms with van der Waals surface area (Å²) in [6, 6.07) is 6.55. The summed E-state index contributed by atoms with van der Waals surface area (Å²) in [6.45, 7) is 7.93. The molecule has 0 fully saturated rings. The molecule has 2 heterocycles. The number of fused-ring (bicyclic) bond motifs is 1. The molecule has 0 saturated carbocycles. The highest BCUT2D eigenvalue weighted by Crippen LogP contribution is 2.29. The molecule has 2 nitrogen and oxygen atoms in total. The fourth-order valence-corrected chi connectivity index (χ4v) is 3.08. The number of hydrogen-bond acceptors (Lipinski definition) is 1. The lowest BCUT2D eigenvalue weighted by molar-refractivity contribution is 0.305. The molecule has 1 aromatic carbocycles. The van der Waals surface area contributed by atoms with Gasteiger partial charge in [-0.2, -0.15) is 0 Å². The van der Waals surface area contributed by atoms with E-state index in [9.17, 15) is 0 Å². The summed E-state index contributed by atoms with van der Waals surface area (Å²) in [6.07, 6.45) is 7.00. The maximum Gasteiger partial charge on any atom is 0.0489 e. The number of aromatic amines is 1. The first-order valence-corrected chi connectivity index (χ1v) is 7.28. The Labute approximate surface area is 115 Å². The van der Waals surface area contributed by atoms with Crippen molar-refractivity contribution in [1.82, 2.24) is 9.88 Å². The lowest BCUT2D eigenvalue weighted by Gasteiger charge is -2.26. The summed E-state index contributed by atoms with van der Waals surface area (Å²) in [5.74, 6) is 0. The van der Waals surface area contributed by atoms with Gasteiger partial charge in [-0.1, -0.05) is 31.2 Å². The van der Waals surface area contributed by atoms with Crippen molar-refractivity contribution in [3.05, 3.63) is 41.6 Å². The van der Waals surface area contributed by atoms with Crippen LogP contribution < -0.4 is 0 Å². The van der Waals surface area contributed by atoms with Gasteiger partial charge < -0.3 is 4.98 Å². The van der Waals surface area contributed by atoms with Crippen molar-refractivity contribution in [2.75, 3.05) is 19.6 Å². The van der Waals surface area contributed by atoms with Crippen molar-refractivity contribution in [3.8, 4) is 0 Å². The van der Waals surface area contributed by atoms with E-state index in [-0.39, 0.29) is 0 Å². The third-order valence-corrected chi connectivity index (χ3v) is 4.04. The number of hydrogen-bond donors (Lipinski definition) is 1. The SMILES string of the molecule is CCCN1CCC=C(c2c[nH]c3c(C)cccc23)C1. The van der Waals surface area contributed by atoms with E-state index in [4.69, 9.17) is 0 Å². The first-order valence-electron chi connectivity index (χ1n) is 7.28. The second-order valence-corrected chi connectivity index (χ2v) is 5.49. The molecular formula is C17H22N2. The van der Waals surface area contributed by atoms with Crippen LogP contribution in [0.3, 0.4) is 0 Å². The zero-order valence-electron chi connectivity index (χ0n) is 11.9. The Morgan fingerprint density at radius 3 is 3.05 bits per heavy atom. The molecule has 19 heavy (non-hydrogen) atoms. The molecule has 2 aromatic rings. The van der Waals surface area contributed by atoms with E-state index in [0.29, 0.717) is 0 Å². The van der Waals surface area contributed by atoms with Crippen LogP contribution in [0.1, 0.15) is 30.9 Å². The van der Waals surface area contributed by atoms with E-state index in [0.717, 1.165) is 6.54 Å². The summed E-state index contributed by atoms with van der Waals surface area (Å²) >= 11 is 0. The summed E-state index contributed by atoms with van der Waals surface area (Å²) in [7, 11) is 0. The predicted molar refractivity (Wildman–Crippen MR) is 82.4 cm³/mol. The van der Waals surface area contributed by atoms with Gasteiger partial charge in [-0.3, -0.25) is 4.90 Å². The third-order valence-electron chi connectivity index (χ3n) is 4.04. The zero-order chi connectivity index (χ0) is 13.2. The molecular weight excluding hydrogens is 232 g/mol. The van der Waals surface area contributed by atoms with Gasteiger partial charge in [0.1, 0.15) is 0 Å². The molecule has 1 aromatic heterocycles. The Balaban J connectivity index is 1.96. The largest absolute Gasteiger partial charge is 0.360 e. The minimum absolute atomic E-state index is 1.09. The van der Waals surface area contributed by atoms with Crippen molar-refractivity contribution >= 4 is 16.5 Å². The number of benzene rings is 1. The third kappa shape index (κ3) is 2.33. The highest BCUT2D eigenvalue weighted by atomic mass is 15.1. The van der Waals surface area contributed by atoms with E-state index in [1.807, 2.05) is 0 Å². The van der Waals surface area contributed by atoms with E-state index < -0.39 is 0 Å². The van der Waals surface area contributed by atoms with Gasteiger partial charge in [-0.25, -0.2) is 0 Å². The molecule has 1 aliphatic rings. The fourth-order valence-electron chi connectivity index (χ4n) is 3.08. The summed E-state index contributed by atoms with van der Waals surface area (Å²) < 4.78 is 0. The molecule has 1 aliphatic heterocycles. The van der Waals surface area contributed by atoms with Gasteiger partial charge in [0.05, 0.1) is 0 Å². The van der Waals surface area contributed by atoms with Crippen molar-refractivity contribution in [2.24, 2.45) is 0 Å². The number of aryl methyl sites for hydroxylation is 1. The van der Waals surface area contributed by atoms with Gasteiger partial charge in [0, 0.05) is 35.8 Å². The van der Waals surface area contributed by atoms with Crippen LogP contribution in [0.4, 0.5) is 0 Å². The van der Waals surface area contributed by atoms with Crippen LogP contribution in [0.15, 0.2) is 30.5 Å². The first kappa shape index (κ1) is 12.5. The second-order valence-electron chi connectivity index (χ2n) is 5.49. The predicted octanol–water partition coefficient (Wildman–Crippen LogP) is 3.98. The Kier molecular flexibility index (Phi) is 3.43. The van der Waals surface area contributed by atoms with E-state index in [1.54, 1.807) is 0 Å². The van der Waals surface area contributed by atoms with Crippen molar-refractivity contribution in [2.45, 2.75) is 26.7 Å². The Morgan fingerprint density at radius 2 is 2.21 bits per heavy atom. The second kappa shape index (κ2) is 5.22. The number of nitrogens with zero attached hydrogens (tertiary/aromatic N) is 1. The minimum Gasteiger partial charge on any atom is -0.360 e. The first-order chi connectivity index (χ1) is 9.29. The topological polar surface area (TPSA) is 19.0 Å². The maximum atomic E-state index is 3.44. The fraction of sp³-hybridized carbons (Fsp3) is 0.412. The summed E-state index contributed by atoms with van der Waals surface area (Å²) in [4.78, 5) is 6.00. The van der Waals surface area contributed by atoms with Gasteiger partial charge in [0.2, 0.25) is 0 Å². The molecule has 0 unspecified atom stereocenters. The number of para-hydroxylation sites is 1. The van der Waals surface area contributed by atoms with Crippen molar-refractivity contribution in [1.29, 1.82) is 0 Å². The summed E-state index contributed by atoms with van der Waals surface area (Å²) in [5, 5.41) is 1.37. The molecule has 1 N–H and O–H groups in total. The van der Waals surface area contributed by atoms with Crippen LogP contribution in [0.5, 0.6) is 0 Å². The summed E-state index contributed by atoms with van der Waals surface area (Å²) in [5.41, 5.74) is 5.48. The monoisotopic (exact) mass is 254 g/mol. The Bertz CT molecular complexity index is 607. The molecule has 0 spiro atoms. The van der Waals surface area contributed by atoms with Crippen LogP contribution in [0.2, 0.25) is 0 Å². The molecule has 100 valence electrons. The zero-order valence-corrected chi connectivity index (χ0v) is 11.9. The van der Waals surface area contributed by atoms with Gasteiger partial charge in [0.15, 0.2) is 0 Å². The van der Waals surface area contributed by atoms with E-state index in [1.165, 1.54) is 53.5 Å².